The lowest BCUT2D eigenvalue weighted by Crippen LogP contribution is -2.27. The normalized spacial score (nSPS) is 11.8. The third kappa shape index (κ3) is 3.55. The minimum Gasteiger partial charge on any atom is -0.398 e. The maximum absolute atomic E-state index is 12.6. The van der Waals surface area contributed by atoms with Crippen LogP contribution in [0.1, 0.15) is 5.69 Å². The highest BCUT2D eigenvalue weighted by molar-refractivity contribution is 9.10. The fraction of sp³-hybridized carbons (Fsp3) is 0.154. The van der Waals surface area contributed by atoms with Crippen molar-refractivity contribution in [2.45, 2.75) is 11.4 Å². The zero-order valence-electron chi connectivity index (χ0n) is 11.1. The second kappa shape index (κ2) is 6.31. The summed E-state index contributed by atoms with van der Waals surface area (Å²) in [7, 11) is -2.25. The number of nitrogen functional groups attached to an aromatic ring is 1. The van der Waals surface area contributed by atoms with Crippen LogP contribution in [0.3, 0.4) is 0 Å². The first-order chi connectivity index (χ1) is 9.82. The van der Waals surface area contributed by atoms with Crippen LogP contribution < -0.4 is 5.73 Å². The van der Waals surface area contributed by atoms with E-state index in [2.05, 4.69) is 20.9 Å². The Kier molecular flexibility index (Phi) is 4.88. The number of aromatic nitrogens is 1. The first-order valence-electron chi connectivity index (χ1n) is 5.93. The summed E-state index contributed by atoms with van der Waals surface area (Å²) in [6, 6.07) is 8.19. The molecule has 0 saturated carbocycles. The van der Waals surface area contributed by atoms with Gasteiger partial charge in [0, 0.05) is 24.0 Å². The van der Waals surface area contributed by atoms with Crippen molar-refractivity contribution in [1.82, 2.24) is 9.29 Å². The molecule has 1 heterocycles. The molecule has 0 aliphatic rings. The Morgan fingerprint density at radius 3 is 2.71 bits per heavy atom. The van der Waals surface area contributed by atoms with Crippen molar-refractivity contribution in [3.63, 3.8) is 0 Å². The van der Waals surface area contributed by atoms with E-state index >= 15 is 0 Å². The van der Waals surface area contributed by atoms with Gasteiger partial charge in [-0.25, -0.2) is 8.42 Å². The number of sulfonamides is 1. The predicted molar refractivity (Wildman–Crippen MR) is 86.5 cm³/mol. The Morgan fingerprint density at radius 2 is 2.10 bits per heavy atom. The Morgan fingerprint density at radius 1 is 1.38 bits per heavy atom. The monoisotopic (exact) mass is 389 g/mol. The average molecular weight is 391 g/mol. The van der Waals surface area contributed by atoms with Gasteiger partial charge in [0.15, 0.2) is 0 Å². The molecule has 0 atom stereocenters. The molecule has 0 bridgehead atoms. The van der Waals surface area contributed by atoms with Crippen molar-refractivity contribution < 1.29 is 8.42 Å². The number of benzene rings is 1. The third-order valence-electron chi connectivity index (χ3n) is 2.83. The highest BCUT2D eigenvalue weighted by Crippen LogP contribution is 2.33. The van der Waals surface area contributed by atoms with E-state index in [-0.39, 0.29) is 22.2 Å². The van der Waals surface area contributed by atoms with Gasteiger partial charge < -0.3 is 5.73 Å². The fourth-order valence-corrected chi connectivity index (χ4v) is 4.14. The van der Waals surface area contributed by atoms with Gasteiger partial charge in [-0.05, 0) is 40.2 Å². The molecule has 2 aromatic rings. The lowest BCUT2D eigenvalue weighted by molar-refractivity contribution is 0.462. The molecule has 0 amide bonds. The van der Waals surface area contributed by atoms with E-state index < -0.39 is 10.0 Å². The zero-order valence-corrected chi connectivity index (χ0v) is 14.3. The van der Waals surface area contributed by atoms with Crippen molar-refractivity contribution in [3.8, 4) is 0 Å². The van der Waals surface area contributed by atoms with Crippen molar-refractivity contribution in [2.75, 3.05) is 12.8 Å². The summed E-state index contributed by atoms with van der Waals surface area (Å²) >= 11 is 9.10. The smallest absolute Gasteiger partial charge is 0.244 e. The number of nitrogens with two attached hydrogens (primary N) is 1. The number of anilines is 1. The lowest BCUT2D eigenvalue weighted by atomic mass is 10.3. The first kappa shape index (κ1) is 16.2. The summed E-state index contributed by atoms with van der Waals surface area (Å²) in [5.74, 6) is 0. The first-order valence-corrected chi connectivity index (χ1v) is 8.54. The quantitative estimate of drug-likeness (QED) is 0.814. The van der Waals surface area contributed by atoms with Gasteiger partial charge in [-0.2, -0.15) is 4.31 Å². The Balaban J connectivity index is 2.38. The molecule has 0 fully saturated rings. The molecule has 5 nitrogen and oxygen atoms in total. The lowest BCUT2D eigenvalue weighted by Gasteiger charge is -2.18. The van der Waals surface area contributed by atoms with Crippen molar-refractivity contribution in [2.24, 2.45) is 0 Å². The highest BCUT2D eigenvalue weighted by Gasteiger charge is 2.25. The molecule has 8 heteroatoms. The Labute approximate surface area is 136 Å². The molecule has 1 aromatic carbocycles. The van der Waals surface area contributed by atoms with Gasteiger partial charge in [-0.15, -0.1) is 0 Å². The van der Waals surface area contributed by atoms with Crippen LogP contribution in [0, 0.1) is 0 Å². The summed E-state index contributed by atoms with van der Waals surface area (Å²) in [5.41, 5.74) is 6.66. The standard InChI is InChI=1S/C13H13BrClN3O2S/c1-18(8-10-4-2-3-5-17-10)21(19,20)12-7-9(15)6-11(16)13(12)14/h2-7H,8,16H2,1H3. The third-order valence-corrected chi connectivity index (χ3v) is 6.02. The number of hydrogen-bond donors (Lipinski definition) is 1. The Hall–Kier alpha value is -1.15. The number of rotatable bonds is 4. The van der Waals surface area contributed by atoms with Crippen LogP contribution >= 0.6 is 27.5 Å². The average Bonchev–Trinajstić information content (AvgIpc) is 2.43. The van der Waals surface area contributed by atoms with E-state index in [4.69, 9.17) is 17.3 Å². The highest BCUT2D eigenvalue weighted by atomic mass is 79.9. The molecule has 0 radical (unpaired) electrons. The van der Waals surface area contributed by atoms with Gasteiger partial charge in [0.05, 0.1) is 21.6 Å². The van der Waals surface area contributed by atoms with Gasteiger partial charge in [0.25, 0.3) is 0 Å². The number of pyridine rings is 1. The summed E-state index contributed by atoms with van der Waals surface area (Å²) in [5, 5.41) is 0.264. The number of halogens is 2. The Bertz CT molecular complexity index is 754. The van der Waals surface area contributed by atoms with Gasteiger partial charge in [0.1, 0.15) is 0 Å². The van der Waals surface area contributed by atoms with Crippen LogP contribution in [0.2, 0.25) is 5.02 Å². The predicted octanol–water partition coefficient (Wildman–Crippen LogP) is 2.90. The van der Waals surface area contributed by atoms with Gasteiger partial charge in [0.2, 0.25) is 10.0 Å². The van der Waals surface area contributed by atoms with Gasteiger partial charge >= 0.3 is 0 Å². The van der Waals surface area contributed by atoms with Crippen molar-refractivity contribution >= 4 is 43.2 Å². The van der Waals surface area contributed by atoms with Crippen LogP contribution in [-0.2, 0) is 16.6 Å². The SMILES string of the molecule is CN(Cc1ccccn1)S(=O)(=O)c1cc(Cl)cc(N)c1Br. The van der Waals surface area contributed by atoms with Crippen LogP contribution in [0.4, 0.5) is 5.69 Å². The topological polar surface area (TPSA) is 76.3 Å². The molecule has 112 valence electrons. The molecular formula is C13H13BrClN3O2S. The van der Waals surface area contributed by atoms with Gasteiger partial charge in [-0.1, -0.05) is 17.7 Å². The summed E-state index contributed by atoms with van der Waals surface area (Å²) < 4.78 is 26.7. The van der Waals surface area contributed by atoms with Crippen molar-refractivity contribution in [3.05, 3.63) is 51.7 Å². The second-order valence-corrected chi connectivity index (χ2v) is 7.63. The van der Waals surface area contributed by atoms with E-state index in [1.54, 1.807) is 24.4 Å². The van der Waals surface area contributed by atoms with E-state index in [1.807, 2.05) is 0 Å². The maximum atomic E-state index is 12.6. The van der Waals surface area contributed by atoms with E-state index in [0.29, 0.717) is 10.2 Å². The summed E-state index contributed by atoms with van der Waals surface area (Å²) in [6.45, 7) is 0.155. The van der Waals surface area contributed by atoms with E-state index in [1.165, 1.54) is 23.5 Å². The molecule has 1 aromatic heterocycles. The molecule has 0 aliphatic heterocycles. The van der Waals surface area contributed by atoms with Crippen molar-refractivity contribution in [1.29, 1.82) is 0 Å². The van der Waals surface area contributed by atoms with Crippen LogP contribution in [-0.4, -0.2) is 24.8 Å². The van der Waals surface area contributed by atoms with Gasteiger partial charge in [-0.3, -0.25) is 4.98 Å². The largest absolute Gasteiger partial charge is 0.398 e. The fourth-order valence-electron chi connectivity index (χ4n) is 1.74. The van der Waals surface area contributed by atoms with Crippen LogP contribution in [0.15, 0.2) is 45.9 Å². The molecule has 0 unspecified atom stereocenters. The van der Waals surface area contributed by atoms with E-state index in [0.717, 1.165) is 0 Å². The molecule has 2 rings (SSSR count). The minimum absolute atomic E-state index is 0.0333. The summed E-state index contributed by atoms with van der Waals surface area (Å²) in [6.07, 6.45) is 1.61. The van der Waals surface area contributed by atoms with E-state index in [9.17, 15) is 8.42 Å². The molecule has 0 spiro atoms. The number of hydrogen-bond acceptors (Lipinski definition) is 4. The van der Waals surface area contributed by atoms with Crippen LogP contribution in [0.25, 0.3) is 0 Å². The molecule has 0 aliphatic carbocycles. The number of nitrogens with zero attached hydrogens (tertiary/aromatic N) is 2. The molecule has 21 heavy (non-hydrogen) atoms. The summed E-state index contributed by atoms with van der Waals surface area (Å²) in [4.78, 5) is 4.15. The molecule has 0 saturated heterocycles. The molecular weight excluding hydrogens is 378 g/mol. The minimum atomic E-state index is -3.73. The zero-order chi connectivity index (χ0) is 15.6. The second-order valence-electron chi connectivity index (χ2n) is 4.39. The van der Waals surface area contributed by atoms with Crippen LogP contribution in [0.5, 0.6) is 0 Å². The molecule has 2 N–H and O–H groups in total. The maximum Gasteiger partial charge on any atom is 0.244 e.